The van der Waals surface area contributed by atoms with Crippen LogP contribution in [0.5, 0.6) is 0 Å². The zero-order chi connectivity index (χ0) is 27.8. The quantitative estimate of drug-likeness (QED) is 0.286. The molecule has 0 radical (unpaired) electrons. The van der Waals surface area contributed by atoms with Crippen LogP contribution in [0.2, 0.25) is 0 Å². The smallest absolute Gasteiger partial charge is 0.259 e. The van der Waals surface area contributed by atoms with Gasteiger partial charge in [0, 0.05) is 79.9 Å². The van der Waals surface area contributed by atoms with E-state index in [1.807, 2.05) is 36.7 Å². The number of hydrogen-bond acceptors (Lipinski definition) is 9. The van der Waals surface area contributed by atoms with Crippen molar-refractivity contribution in [1.82, 2.24) is 39.4 Å². The molecule has 0 spiro atoms. The number of rotatable bonds is 6. The Labute approximate surface area is 235 Å². The highest BCUT2D eigenvalue weighted by Crippen LogP contribution is 2.30. The largest absolute Gasteiger partial charge is 0.354 e. The van der Waals surface area contributed by atoms with Crippen molar-refractivity contribution in [3.63, 3.8) is 0 Å². The summed E-state index contributed by atoms with van der Waals surface area (Å²) in [4.78, 5) is 38.8. The maximum atomic E-state index is 13.0. The van der Waals surface area contributed by atoms with Crippen molar-refractivity contribution < 1.29 is 4.79 Å². The van der Waals surface area contributed by atoms with Gasteiger partial charge in [0.1, 0.15) is 11.5 Å². The minimum Gasteiger partial charge on any atom is -0.354 e. The van der Waals surface area contributed by atoms with Crippen LogP contribution in [-0.2, 0) is 0 Å². The molecule has 3 N–H and O–H groups in total. The summed E-state index contributed by atoms with van der Waals surface area (Å²) in [5.41, 5.74) is 5.19. The lowest BCUT2D eigenvalue weighted by atomic mass is 10.1. The number of H-pyrrole nitrogens is 1. The van der Waals surface area contributed by atoms with Gasteiger partial charge in [-0.3, -0.25) is 9.78 Å². The van der Waals surface area contributed by atoms with Gasteiger partial charge >= 0.3 is 0 Å². The molecule has 12 heteroatoms. The fourth-order valence-corrected chi connectivity index (χ4v) is 5.00. The fourth-order valence-electron chi connectivity index (χ4n) is 5.00. The van der Waals surface area contributed by atoms with Crippen LogP contribution in [-0.4, -0.2) is 78.6 Å². The first-order valence-corrected chi connectivity index (χ1v) is 13.3. The number of nitrogens with zero attached hydrogens (tertiary/aromatic N) is 8. The summed E-state index contributed by atoms with van der Waals surface area (Å²) in [5, 5.41) is 11.4. The number of carbonyl (C=O) groups excluding carboxylic acids is 1. The number of hydrogen-bond donors (Lipinski definition) is 3. The number of anilines is 4. The third-order valence-corrected chi connectivity index (χ3v) is 7.26. The van der Waals surface area contributed by atoms with Crippen LogP contribution in [0.3, 0.4) is 0 Å². The summed E-state index contributed by atoms with van der Waals surface area (Å²) in [7, 11) is 2.14. The predicted molar refractivity (Wildman–Crippen MR) is 157 cm³/mol. The van der Waals surface area contributed by atoms with Gasteiger partial charge in [-0.2, -0.15) is 10.1 Å². The van der Waals surface area contributed by atoms with E-state index >= 15 is 0 Å². The summed E-state index contributed by atoms with van der Waals surface area (Å²) < 4.78 is 1.68. The molecule has 6 aromatic rings. The van der Waals surface area contributed by atoms with Crippen molar-refractivity contribution in [3.8, 4) is 11.1 Å². The molecule has 1 aliphatic rings. The van der Waals surface area contributed by atoms with E-state index < -0.39 is 0 Å². The second-order valence-electron chi connectivity index (χ2n) is 9.98. The number of piperazine rings is 1. The summed E-state index contributed by atoms with van der Waals surface area (Å²) >= 11 is 0. The highest BCUT2D eigenvalue weighted by molar-refractivity contribution is 6.09. The summed E-state index contributed by atoms with van der Waals surface area (Å²) in [5.74, 6) is 1.17. The van der Waals surface area contributed by atoms with Crippen LogP contribution >= 0.6 is 0 Å². The van der Waals surface area contributed by atoms with Gasteiger partial charge in [-0.1, -0.05) is 0 Å². The number of amides is 1. The van der Waals surface area contributed by atoms with Crippen molar-refractivity contribution in [3.05, 3.63) is 85.3 Å². The van der Waals surface area contributed by atoms with Gasteiger partial charge in [0.2, 0.25) is 5.95 Å². The average molecular weight is 546 g/mol. The third-order valence-electron chi connectivity index (χ3n) is 7.26. The molecular formula is C29H27N11O. The Morgan fingerprint density at radius 2 is 1.88 bits per heavy atom. The second kappa shape index (κ2) is 10.3. The summed E-state index contributed by atoms with van der Waals surface area (Å²) in [6.45, 7) is 3.93. The van der Waals surface area contributed by atoms with E-state index in [2.05, 4.69) is 52.5 Å². The Bertz CT molecular complexity index is 1860. The number of aromatic nitrogens is 7. The first-order chi connectivity index (χ1) is 20.1. The van der Waals surface area contributed by atoms with Gasteiger partial charge in [-0.05, 0) is 42.9 Å². The molecule has 6 aromatic heterocycles. The molecule has 7 rings (SSSR count). The lowest BCUT2D eigenvalue weighted by molar-refractivity contribution is 0.102. The molecular weight excluding hydrogens is 518 g/mol. The van der Waals surface area contributed by atoms with Crippen LogP contribution in [0.1, 0.15) is 10.4 Å². The van der Waals surface area contributed by atoms with Gasteiger partial charge in [0.15, 0.2) is 0 Å². The Morgan fingerprint density at radius 3 is 2.73 bits per heavy atom. The van der Waals surface area contributed by atoms with Crippen molar-refractivity contribution in [2.24, 2.45) is 0 Å². The molecule has 41 heavy (non-hydrogen) atoms. The lowest BCUT2D eigenvalue weighted by Gasteiger charge is -2.33. The van der Waals surface area contributed by atoms with E-state index in [-0.39, 0.29) is 5.91 Å². The summed E-state index contributed by atoms with van der Waals surface area (Å²) in [6, 6.07) is 11.4. The van der Waals surface area contributed by atoms with E-state index in [1.54, 1.807) is 47.6 Å². The first kappa shape index (κ1) is 24.7. The molecule has 204 valence electrons. The zero-order valence-corrected chi connectivity index (χ0v) is 22.3. The molecule has 1 fully saturated rings. The van der Waals surface area contributed by atoms with Crippen LogP contribution in [0, 0.1) is 0 Å². The average Bonchev–Trinajstić information content (AvgIpc) is 3.62. The first-order valence-electron chi connectivity index (χ1n) is 13.3. The van der Waals surface area contributed by atoms with Gasteiger partial charge in [-0.15, -0.1) is 0 Å². The van der Waals surface area contributed by atoms with Crippen molar-refractivity contribution >= 4 is 45.6 Å². The van der Waals surface area contributed by atoms with E-state index in [1.165, 1.54) is 0 Å². The van der Waals surface area contributed by atoms with Crippen LogP contribution in [0.15, 0.2) is 79.8 Å². The maximum absolute atomic E-state index is 13.0. The summed E-state index contributed by atoms with van der Waals surface area (Å²) in [6.07, 6.45) is 12.2. The molecule has 0 saturated carbocycles. The Balaban J connectivity index is 1.13. The molecule has 0 aromatic carbocycles. The third kappa shape index (κ3) is 4.92. The molecule has 1 amide bonds. The molecule has 0 unspecified atom stereocenters. The molecule has 0 aliphatic carbocycles. The van der Waals surface area contributed by atoms with Crippen LogP contribution in [0.25, 0.3) is 27.7 Å². The normalized spacial score (nSPS) is 14.0. The van der Waals surface area contributed by atoms with Crippen molar-refractivity contribution in [2.45, 2.75) is 0 Å². The molecule has 1 saturated heterocycles. The number of likely N-dealkylation sites (N-methyl/N-ethyl adjacent to an activating group) is 1. The molecule has 12 nitrogen and oxygen atoms in total. The minimum atomic E-state index is -0.255. The van der Waals surface area contributed by atoms with Gasteiger partial charge < -0.3 is 25.4 Å². The topological polar surface area (TPSA) is 132 Å². The monoisotopic (exact) mass is 545 g/mol. The Hall–Kier alpha value is -5.36. The highest BCUT2D eigenvalue weighted by Gasteiger charge is 2.17. The molecule has 0 atom stereocenters. The SMILES string of the molecule is CN1CCN(c2cc(Nc3ncc4c(-c5ccn6ncc(C(=O)Nc7cccnc7)c6c5)c[nH]c4n3)ccn2)CC1. The number of carbonyl (C=O) groups is 1. The zero-order valence-electron chi connectivity index (χ0n) is 22.3. The fraction of sp³-hybridized carbons (Fsp3) is 0.172. The number of fused-ring (bicyclic) bond motifs is 2. The maximum Gasteiger partial charge on any atom is 0.259 e. The molecule has 0 bridgehead atoms. The van der Waals surface area contributed by atoms with Crippen molar-refractivity contribution in [2.75, 3.05) is 48.8 Å². The minimum absolute atomic E-state index is 0.255. The number of nitrogens with one attached hydrogen (secondary N) is 3. The number of pyridine rings is 3. The Morgan fingerprint density at radius 1 is 0.976 bits per heavy atom. The van der Waals surface area contributed by atoms with Gasteiger partial charge in [0.05, 0.1) is 29.2 Å². The predicted octanol–water partition coefficient (Wildman–Crippen LogP) is 3.81. The van der Waals surface area contributed by atoms with E-state index in [9.17, 15) is 4.79 Å². The van der Waals surface area contributed by atoms with Crippen LogP contribution < -0.4 is 15.5 Å². The van der Waals surface area contributed by atoms with Crippen LogP contribution in [0.4, 0.5) is 23.1 Å². The van der Waals surface area contributed by atoms with Gasteiger partial charge in [-0.25, -0.2) is 14.5 Å². The van der Waals surface area contributed by atoms with E-state index in [0.717, 1.165) is 54.2 Å². The van der Waals surface area contributed by atoms with Crippen molar-refractivity contribution in [1.29, 1.82) is 0 Å². The molecule has 1 aliphatic heterocycles. The lowest BCUT2D eigenvalue weighted by Crippen LogP contribution is -2.44. The van der Waals surface area contributed by atoms with E-state index in [0.29, 0.717) is 28.4 Å². The number of aromatic amines is 1. The highest BCUT2D eigenvalue weighted by atomic mass is 16.1. The van der Waals surface area contributed by atoms with Gasteiger partial charge in [0.25, 0.3) is 5.91 Å². The second-order valence-corrected chi connectivity index (χ2v) is 9.98. The standard InChI is InChI=1S/C29H27N11O/c1-38-9-11-39(12-10-38)26-14-20(4-7-31-26)36-29-33-17-23-22(16-32-27(23)37-29)19-5-8-40-25(13-19)24(18-34-40)28(41)35-21-3-2-6-30-15-21/h2-8,13-18H,9-12H2,1H3,(H,35,41)(H2,31,32,33,36,37). The molecule has 7 heterocycles. The van der Waals surface area contributed by atoms with E-state index in [4.69, 9.17) is 4.98 Å². The Kier molecular flexibility index (Phi) is 6.21.